The highest BCUT2D eigenvalue weighted by atomic mass is 127. The lowest BCUT2D eigenvalue weighted by atomic mass is 9.78. The van der Waals surface area contributed by atoms with Crippen LogP contribution in [0.4, 0.5) is 0 Å². The molecule has 3 aliphatic rings. The van der Waals surface area contributed by atoms with E-state index in [0.717, 1.165) is 71.1 Å². The van der Waals surface area contributed by atoms with E-state index >= 15 is 0 Å². The molecule has 3 atom stereocenters. The Kier molecular flexibility index (Phi) is 11.1. The van der Waals surface area contributed by atoms with Gasteiger partial charge in [0.15, 0.2) is 5.96 Å². The van der Waals surface area contributed by atoms with E-state index in [2.05, 4.69) is 36.0 Å². The van der Waals surface area contributed by atoms with Gasteiger partial charge in [-0.25, -0.2) is 0 Å². The van der Waals surface area contributed by atoms with Crippen molar-refractivity contribution in [3.05, 3.63) is 0 Å². The van der Waals surface area contributed by atoms with Gasteiger partial charge in [0.05, 0.1) is 24.9 Å². The Hall–Kier alpha value is -0.120. The van der Waals surface area contributed by atoms with E-state index in [-0.39, 0.29) is 29.4 Å². The number of ether oxygens (including phenoxy) is 3. The van der Waals surface area contributed by atoms with Crippen molar-refractivity contribution in [2.45, 2.75) is 84.0 Å². The number of nitrogens with zero attached hydrogens (tertiary/aromatic N) is 2. The Morgan fingerprint density at radius 2 is 1.77 bits per heavy atom. The molecule has 1 N–H and O–H groups in total. The van der Waals surface area contributed by atoms with Gasteiger partial charge in [-0.15, -0.1) is 24.0 Å². The van der Waals surface area contributed by atoms with Gasteiger partial charge in [-0.3, -0.25) is 4.99 Å². The molecule has 3 unspecified atom stereocenters. The van der Waals surface area contributed by atoms with E-state index in [9.17, 15) is 0 Å². The second-order valence-corrected chi connectivity index (χ2v) is 10.00. The fraction of sp³-hybridized carbons (Fsp3) is 0.957. The third-order valence-electron chi connectivity index (χ3n) is 6.57. The molecule has 3 fully saturated rings. The number of piperidine rings is 1. The number of nitrogens with one attached hydrogen (secondary N) is 1. The maximum atomic E-state index is 6.16. The van der Waals surface area contributed by atoms with Gasteiger partial charge in [-0.05, 0) is 50.4 Å². The van der Waals surface area contributed by atoms with Gasteiger partial charge in [-0.1, -0.05) is 20.8 Å². The van der Waals surface area contributed by atoms with E-state index in [1.165, 1.54) is 19.3 Å². The summed E-state index contributed by atoms with van der Waals surface area (Å²) in [5, 5.41) is 3.64. The minimum atomic E-state index is 0. The summed E-state index contributed by atoms with van der Waals surface area (Å²) in [6.07, 6.45) is 9.10. The highest BCUT2D eigenvalue weighted by Gasteiger charge is 2.35. The maximum absolute atomic E-state index is 6.16. The minimum Gasteiger partial charge on any atom is -0.377 e. The molecule has 6 nitrogen and oxygen atoms in total. The largest absolute Gasteiger partial charge is 0.377 e. The van der Waals surface area contributed by atoms with Gasteiger partial charge < -0.3 is 24.4 Å². The number of likely N-dealkylation sites (tertiary alicyclic amines) is 1. The molecule has 3 aliphatic heterocycles. The molecule has 3 saturated heterocycles. The number of hydrogen-bond acceptors (Lipinski definition) is 4. The van der Waals surface area contributed by atoms with Crippen LogP contribution in [0.15, 0.2) is 4.99 Å². The Bertz CT molecular complexity index is 512. The van der Waals surface area contributed by atoms with Crippen LogP contribution >= 0.6 is 24.0 Å². The van der Waals surface area contributed by atoms with Crippen LogP contribution in [0.2, 0.25) is 0 Å². The Morgan fingerprint density at radius 3 is 2.40 bits per heavy atom. The summed E-state index contributed by atoms with van der Waals surface area (Å²) in [5.41, 5.74) is 0.175. The van der Waals surface area contributed by atoms with Gasteiger partial charge in [0.25, 0.3) is 0 Å². The molecule has 0 amide bonds. The van der Waals surface area contributed by atoms with Gasteiger partial charge in [0.2, 0.25) is 0 Å². The van der Waals surface area contributed by atoms with Gasteiger partial charge in [0.1, 0.15) is 0 Å². The van der Waals surface area contributed by atoms with Crippen LogP contribution < -0.4 is 5.32 Å². The molecule has 176 valence electrons. The molecule has 0 saturated carbocycles. The van der Waals surface area contributed by atoms with Crippen molar-refractivity contribution in [1.82, 2.24) is 10.2 Å². The molecule has 0 spiro atoms. The van der Waals surface area contributed by atoms with Crippen molar-refractivity contribution in [2.24, 2.45) is 16.3 Å². The topological polar surface area (TPSA) is 55.3 Å². The van der Waals surface area contributed by atoms with Crippen molar-refractivity contribution >= 4 is 29.9 Å². The molecule has 3 heterocycles. The molecule has 0 aromatic rings. The lowest BCUT2D eigenvalue weighted by Crippen LogP contribution is -2.51. The first-order chi connectivity index (χ1) is 14.0. The van der Waals surface area contributed by atoms with Gasteiger partial charge in [0, 0.05) is 45.8 Å². The van der Waals surface area contributed by atoms with Crippen LogP contribution in [-0.4, -0.2) is 75.7 Å². The number of halogens is 1. The third kappa shape index (κ3) is 7.78. The zero-order chi connectivity index (χ0) is 20.7. The summed E-state index contributed by atoms with van der Waals surface area (Å²) >= 11 is 0. The van der Waals surface area contributed by atoms with Crippen molar-refractivity contribution in [3.8, 4) is 0 Å². The number of rotatable bonds is 5. The van der Waals surface area contributed by atoms with Crippen LogP contribution in [0.25, 0.3) is 0 Å². The van der Waals surface area contributed by atoms with Gasteiger partial charge in [-0.2, -0.15) is 0 Å². The van der Waals surface area contributed by atoms with Crippen molar-refractivity contribution in [1.29, 1.82) is 0 Å². The highest BCUT2D eigenvalue weighted by molar-refractivity contribution is 14.0. The number of hydrogen-bond donors (Lipinski definition) is 1. The molecule has 0 aromatic carbocycles. The van der Waals surface area contributed by atoms with Crippen molar-refractivity contribution in [2.75, 3.05) is 46.5 Å². The van der Waals surface area contributed by atoms with E-state index in [1.54, 1.807) is 0 Å². The van der Waals surface area contributed by atoms with Crippen molar-refractivity contribution in [3.63, 3.8) is 0 Å². The molecular formula is C23H44IN3O3. The van der Waals surface area contributed by atoms with Crippen LogP contribution in [0, 0.1) is 11.3 Å². The predicted molar refractivity (Wildman–Crippen MR) is 133 cm³/mol. The zero-order valence-electron chi connectivity index (χ0n) is 19.5. The van der Waals surface area contributed by atoms with E-state index in [1.807, 2.05) is 7.05 Å². The minimum absolute atomic E-state index is 0. The van der Waals surface area contributed by atoms with E-state index in [0.29, 0.717) is 24.2 Å². The number of aliphatic imine (C=N–C) groups is 1. The number of guanidine groups is 1. The third-order valence-corrected chi connectivity index (χ3v) is 6.57. The first-order valence-electron chi connectivity index (χ1n) is 11.8. The molecule has 0 aromatic heterocycles. The summed E-state index contributed by atoms with van der Waals surface area (Å²) in [6, 6.07) is 0. The summed E-state index contributed by atoms with van der Waals surface area (Å²) < 4.78 is 18.1. The Balaban J connectivity index is 0.00000320. The SMILES string of the molecule is CN=C(NCC1CCCOC1C(C)(C)C)N1CCC(OCC2CCCCO2)CC1.I. The average molecular weight is 538 g/mol. The van der Waals surface area contributed by atoms with Crippen LogP contribution in [0.1, 0.15) is 65.7 Å². The average Bonchev–Trinajstić information content (AvgIpc) is 2.74. The summed E-state index contributed by atoms with van der Waals surface area (Å²) in [5.74, 6) is 1.56. The summed E-state index contributed by atoms with van der Waals surface area (Å²) in [6.45, 7) is 12.3. The summed E-state index contributed by atoms with van der Waals surface area (Å²) in [7, 11) is 1.89. The Labute approximate surface area is 200 Å². The Morgan fingerprint density at radius 1 is 1.03 bits per heavy atom. The first kappa shape index (κ1) is 26.1. The lowest BCUT2D eigenvalue weighted by molar-refractivity contribution is -0.0838. The maximum Gasteiger partial charge on any atom is 0.193 e. The van der Waals surface area contributed by atoms with Crippen LogP contribution in [-0.2, 0) is 14.2 Å². The highest BCUT2D eigenvalue weighted by Crippen LogP contribution is 2.33. The van der Waals surface area contributed by atoms with E-state index in [4.69, 9.17) is 14.2 Å². The fourth-order valence-corrected chi connectivity index (χ4v) is 4.98. The van der Waals surface area contributed by atoms with Crippen molar-refractivity contribution < 1.29 is 14.2 Å². The predicted octanol–water partition coefficient (Wildman–Crippen LogP) is 4.07. The molecule has 3 rings (SSSR count). The smallest absolute Gasteiger partial charge is 0.193 e. The normalized spacial score (nSPS) is 29.4. The first-order valence-corrected chi connectivity index (χ1v) is 11.8. The van der Waals surface area contributed by atoms with Gasteiger partial charge >= 0.3 is 0 Å². The monoisotopic (exact) mass is 537 g/mol. The van der Waals surface area contributed by atoms with E-state index < -0.39 is 0 Å². The standard InChI is InChI=1S/C23H43N3O3.HI/c1-23(2,3)21-18(8-7-15-28-21)16-25-22(24-4)26-12-10-19(11-13-26)29-17-20-9-5-6-14-27-20;/h18-21H,5-17H2,1-4H3,(H,24,25);1H. The molecule has 0 bridgehead atoms. The second kappa shape index (κ2) is 12.8. The van der Waals surface area contributed by atoms with Crippen LogP contribution in [0.3, 0.4) is 0 Å². The second-order valence-electron chi connectivity index (χ2n) is 10.00. The lowest BCUT2D eigenvalue weighted by Gasteiger charge is -2.41. The zero-order valence-corrected chi connectivity index (χ0v) is 21.9. The molecule has 7 heteroatoms. The fourth-order valence-electron chi connectivity index (χ4n) is 4.98. The quantitative estimate of drug-likeness (QED) is 0.326. The molecule has 0 aliphatic carbocycles. The molecule has 30 heavy (non-hydrogen) atoms. The molecular weight excluding hydrogens is 493 g/mol. The summed E-state index contributed by atoms with van der Waals surface area (Å²) in [4.78, 5) is 6.94. The van der Waals surface area contributed by atoms with Crippen LogP contribution in [0.5, 0.6) is 0 Å². The molecule has 0 radical (unpaired) electrons.